The Morgan fingerprint density at radius 3 is 2.63 bits per heavy atom. The molecule has 2 aliphatic heterocycles. The SMILES string of the molecule is CCO[C@@H](C1=CC2C(C)=NN(c3ccccc3)C2N=C1)[C@H](O)[C@@H](O)COC. The molecule has 0 fully saturated rings. The molecule has 0 saturated carbocycles. The number of methoxy groups -OCH3 is 1. The topological polar surface area (TPSA) is 86.9 Å². The highest BCUT2D eigenvalue weighted by Gasteiger charge is 2.39. The molecule has 0 radical (unpaired) electrons. The number of rotatable bonds is 8. The van der Waals surface area contributed by atoms with E-state index >= 15 is 0 Å². The summed E-state index contributed by atoms with van der Waals surface area (Å²) < 4.78 is 10.7. The second kappa shape index (κ2) is 8.75. The molecule has 2 aliphatic rings. The van der Waals surface area contributed by atoms with Gasteiger partial charge in [-0.1, -0.05) is 24.3 Å². The fourth-order valence-electron chi connectivity index (χ4n) is 3.44. The monoisotopic (exact) mass is 373 g/mol. The van der Waals surface area contributed by atoms with Gasteiger partial charge in [0, 0.05) is 25.6 Å². The summed E-state index contributed by atoms with van der Waals surface area (Å²) >= 11 is 0. The Morgan fingerprint density at radius 1 is 1.22 bits per heavy atom. The first kappa shape index (κ1) is 19.7. The summed E-state index contributed by atoms with van der Waals surface area (Å²) in [5, 5.41) is 27.2. The molecule has 2 heterocycles. The second-order valence-electron chi connectivity index (χ2n) is 6.69. The summed E-state index contributed by atoms with van der Waals surface area (Å²) in [4.78, 5) is 4.69. The van der Waals surface area contributed by atoms with Crippen LogP contribution in [0.2, 0.25) is 0 Å². The van der Waals surface area contributed by atoms with Crippen LogP contribution in [-0.2, 0) is 9.47 Å². The first-order chi connectivity index (χ1) is 13.1. The van der Waals surface area contributed by atoms with E-state index in [1.807, 2.05) is 55.3 Å². The van der Waals surface area contributed by atoms with Crippen molar-refractivity contribution in [3.63, 3.8) is 0 Å². The van der Waals surface area contributed by atoms with Crippen LogP contribution in [0.4, 0.5) is 5.69 Å². The zero-order chi connectivity index (χ0) is 19.4. The molecule has 1 aromatic rings. The van der Waals surface area contributed by atoms with E-state index < -0.39 is 18.3 Å². The van der Waals surface area contributed by atoms with Gasteiger partial charge in [-0.15, -0.1) is 0 Å². The molecule has 2 unspecified atom stereocenters. The third-order valence-electron chi connectivity index (χ3n) is 4.81. The highest BCUT2D eigenvalue weighted by Crippen LogP contribution is 2.33. The van der Waals surface area contributed by atoms with Crippen LogP contribution in [0.25, 0.3) is 0 Å². The van der Waals surface area contributed by atoms with Crippen molar-refractivity contribution in [3.8, 4) is 0 Å². The molecule has 7 nitrogen and oxygen atoms in total. The number of para-hydroxylation sites is 1. The van der Waals surface area contributed by atoms with Gasteiger partial charge < -0.3 is 19.7 Å². The van der Waals surface area contributed by atoms with Crippen molar-refractivity contribution in [1.29, 1.82) is 0 Å². The number of fused-ring (bicyclic) bond motifs is 1. The molecule has 0 amide bonds. The van der Waals surface area contributed by atoms with Gasteiger partial charge in [-0.3, -0.25) is 4.99 Å². The van der Waals surface area contributed by atoms with Crippen LogP contribution in [0.3, 0.4) is 0 Å². The number of aliphatic hydroxyl groups is 2. The van der Waals surface area contributed by atoms with E-state index in [2.05, 4.69) is 10.1 Å². The lowest BCUT2D eigenvalue weighted by atomic mass is 9.91. The highest BCUT2D eigenvalue weighted by atomic mass is 16.5. The third-order valence-corrected chi connectivity index (χ3v) is 4.81. The minimum atomic E-state index is -1.11. The van der Waals surface area contributed by atoms with E-state index in [9.17, 15) is 10.2 Å². The Labute approximate surface area is 159 Å². The van der Waals surface area contributed by atoms with Crippen molar-refractivity contribution >= 4 is 17.6 Å². The third kappa shape index (κ3) is 4.11. The zero-order valence-corrected chi connectivity index (χ0v) is 15.9. The zero-order valence-electron chi connectivity index (χ0n) is 15.9. The normalized spacial score (nSPS) is 24.9. The summed E-state index contributed by atoms with van der Waals surface area (Å²) in [6.45, 7) is 4.26. The lowest BCUT2D eigenvalue weighted by Crippen LogP contribution is -2.44. The van der Waals surface area contributed by atoms with E-state index in [4.69, 9.17) is 9.47 Å². The summed E-state index contributed by atoms with van der Waals surface area (Å²) in [6.07, 6.45) is 0.764. The largest absolute Gasteiger partial charge is 0.388 e. The Bertz CT molecular complexity index is 719. The first-order valence-electron chi connectivity index (χ1n) is 9.17. The van der Waals surface area contributed by atoms with Crippen molar-refractivity contribution < 1.29 is 19.7 Å². The van der Waals surface area contributed by atoms with E-state index in [0.29, 0.717) is 6.61 Å². The molecule has 1 aromatic carbocycles. The Balaban J connectivity index is 1.82. The van der Waals surface area contributed by atoms with Crippen LogP contribution in [0.1, 0.15) is 13.8 Å². The van der Waals surface area contributed by atoms with Crippen LogP contribution in [0.15, 0.2) is 52.1 Å². The number of ether oxygens (including phenoxy) is 2. The Kier molecular flexibility index (Phi) is 6.38. The van der Waals surface area contributed by atoms with Crippen molar-refractivity contribution in [3.05, 3.63) is 42.0 Å². The van der Waals surface area contributed by atoms with E-state index in [-0.39, 0.29) is 18.7 Å². The van der Waals surface area contributed by atoms with Crippen LogP contribution < -0.4 is 5.01 Å². The smallest absolute Gasteiger partial charge is 0.153 e. The van der Waals surface area contributed by atoms with Crippen molar-refractivity contribution in [2.24, 2.45) is 16.0 Å². The van der Waals surface area contributed by atoms with Crippen molar-refractivity contribution in [2.75, 3.05) is 25.3 Å². The van der Waals surface area contributed by atoms with Gasteiger partial charge in [0.1, 0.15) is 18.3 Å². The molecule has 0 saturated heterocycles. The minimum absolute atomic E-state index is 0.0140. The number of nitrogens with zero attached hydrogens (tertiary/aromatic N) is 3. The maximum atomic E-state index is 10.5. The van der Waals surface area contributed by atoms with Crippen LogP contribution >= 0.6 is 0 Å². The van der Waals surface area contributed by atoms with Gasteiger partial charge in [0.2, 0.25) is 0 Å². The van der Waals surface area contributed by atoms with Gasteiger partial charge in [-0.05, 0) is 31.6 Å². The molecule has 0 aromatic heterocycles. The maximum Gasteiger partial charge on any atom is 0.153 e. The van der Waals surface area contributed by atoms with Gasteiger partial charge in [0.05, 0.1) is 18.2 Å². The lowest BCUT2D eigenvalue weighted by Gasteiger charge is -2.31. The van der Waals surface area contributed by atoms with Gasteiger partial charge in [0.15, 0.2) is 6.17 Å². The minimum Gasteiger partial charge on any atom is -0.388 e. The number of hydrogen-bond acceptors (Lipinski definition) is 7. The van der Waals surface area contributed by atoms with Crippen LogP contribution in [0.5, 0.6) is 0 Å². The summed E-state index contributed by atoms with van der Waals surface area (Å²) in [5.74, 6) is -0.0140. The lowest BCUT2D eigenvalue weighted by molar-refractivity contribution is -0.0890. The van der Waals surface area contributed by atoms with Gasteiger partial charge >= 0.3 is 0 Å². The molecule has 2 N–H and O–H groups in total. The molecule has 0 aliphatic carbocycles. The fraction of sp³-hybridized carbons (Fsp3) is 0.500. The van der Waals surface area contributed by atoms with Crippen LogP contribution in [-0.4, -0.2) is 66.9 Å². The second-order valence-corrected chi connectivity index (χ2v) is 6.69. The predicted molar refractivity (Wildman–Crippen MR) is 105 cm³/mol. The number of benzene rings is 1. The summed E-state index contributed by atoms with van der Waals surface area (Å²) in [7, 11) is 1.48. The average molecular weight is 373 g/mol. The van der Waals surface area contributed by atoms with Gasteiger partial charge in [-0.2, -0.15) is 5.10 Å². The molecule has 0 spiro atoms. The Morgan fingerprint density at radius 2 is 1.96 bits per heavy atom. The first-order valence-corrected chi connectivity index (χ1v) is 9.17. The number of aliphatic imine (C=N–C) groups is 1. The molecule has 7 heteroatoms. The number of hydrazone groups is 1. The molecule has 3 rings (SSSR count). The standard InChI is InChI=1S/C20H27N3O4/c1-4-27-19(18(25)17(24)12-26-3)14-10-16-13(2)22-23(20(16)21-11-14)15-8-6-5-7-9-15/h5-11,16-20,24-25H,4,12H2,1-3H3/t16?,17-,18+,19-,20?/m0/s1. The predicted octanol–water partition coefficient (Wildman–Crippen LogP) is 1.61. The molecule has 146 valence electrons. The number of dihydropyridines is 1. The summed E-state index contributed by atoms with van der Waals surface area (Å²) in [5.41, 5.74) is 2.67. The van der Waals surface area contributed by atoms with Crippen molar-refractivity contribution in [1.82, 2.24) is 0 Å². The van der Waals surface area contributed by atoms with Crippen LogP contribution in [0, 0.1) is 5.92 Å². The Hall–Kier alpha value is -2.06. The molecular formula is C20H27N3O4. The van der Waals surface area contributed by atoms with Gasteiger partial charge in [-0.25, -0.2) is 5.01 Å². The molecular weight excluding hydrogens is 346 g/mol. The average Bonchev–Trinajstić information content (AvgIpc) is 3.02. The van der Waals surface area contributed by atoms with E-state index in [1.54, 1.807) is 6.21 Å². The number of aliphatic hydroxyl groups excluding tert-OH is 2. The van der Waals surface area contributed by atoms with Crippen molar-refractivity contribution in [2.45, 2.75) is 38.3 Å². The summed E-state index contributed by atoms with van der Waals surface area (Å²) in [6, 6.07) is 9.92. The molecule has 27 heavy (non-hydrogen) atoms. The number of anilines is 1. The number of hydrogen-bond donors (Lipinski definition) is 2. The van der Waals surface area contributed by atoms with E-state index in [1.165, 1.54) is 7.11 Å². The quantitative estimate of drug-likeness (QED) is 0.723. The highest BCUT2D eigenvalue weighted by molar-refractivity contribution is 5.94. The fourth-order valence-corrected chi connectivity index (χ4v) is 3.44. The maximum absolute atomic E-state index is 10.5. The van der Waals surface area contributed by atoms with E-state index in [0.717, 1.165) is 17.0 Å². The molecule has 5 atom stereocenters. The van der Waals surface area contributed by atoms with Gasteiger partial charge in [0.25, 0.3) is 0 Å². The molecule has 0 bridgehead atoms.